The second-order valence-electron chi connectivity index (χ2n) is 4.09. The minimum absolute atomic E-state index is 0.0266. The van der Waals surface area contributed by atoms with Gasteiger partial charge >= 0.3 is 0 Å². The standard InChI is InChI=1S/C14H8Br2N2O/c15-9-4-8(5-10(16)6-9)13(19)12-7-18-14-11(12)2-1-3-17-14/h1-7H,(H,17,18). The van der Waals surface area contributed by atoms with Crippen LogP contribution in [0.15, 0.2) is 51.7 Å². The molecule has 0 aliphatic heterocycles. The number of ketones is 1. The second kappa shape index (κ2) is 4.90. The Hall–Kier alpha value is -1.46. The van der Waals surface area contributed by atoms with Gasteiger partial charge in [-0.1, -0.05) is 31.9 Å². The van der Waals surface area contributed by atoms with Crippen molar-refractivity contribution in [1.29, 1.82) is 0 Å². The van der Waals surface area contributed by atoms with Gasteiger partial charge in [0.2, 0.25) is 0 Å². The number of nitrogens with zero attached hydrogens (tertiary/aromatic N) is 1. The predicted molar refractivity (Wildman–Crippen MR) is 81.4 cm³/mol. The van der Waals surface area contributed by atoms with Crippen LogP contribution in [0.4, 0.5) is 0 Å². The lowest BCUT2D eigenvalue weighted by atomic mass is 10.0. The van der Waals surface area contributed by atoms with Gasteiger partial charge in [0.1, 0.15) is 5.65 Å². The van der Waals surface area contributed by atoms with Crippen molar-refractivity contribution >= 4 is 48.7 Å². The molecule has 0 atom stereocenters. The van der Waals surface area contributed by atoms with E-state index in [-0.39, 0.29) is 5.78 Å². The number of halogens is 2. The molecule has 2 aromatic heterocycles. The van der Waals surface area contributed by atoms with Crippen LogP contribution in [-0.2, 0) is 0 Å². The summed E-state index contributed by atoms with van der Waals surface area (Å²) in [6, 6.07) is 9.22. The quantitative estimate of drug-likeness (QED) is 0.674. The molecule has 0 amide bonds. The average Bonchev–Trinajstić information content (AvgIpc) is 2.80. The molecule has 3 aromatic rings. The van der Waals surface area contributed by atoms with Crippen molar-refractivity contribution in [3.8, 4) is 0 Å². The van der Waals surface area contributed by atoms with Crippen LogP contribution in [0.5, 0.6) is 0 Å². The first-order chi connectivity index (χ1) is 9.15. The number of aromatic amines is 1. The third-order valence-corrected chi connectivity index (χ3v) is 3.74. The van der Waals surface area contributed by atoms with Crippen LogP contribution >= 0.6 is 31.9 Å². The lowest BCUT2D eigenvalue weighted by molar-refractivity contribution is 0.104. The number of hydrogen-bond donors (Lipinski definition) is 1. The topological polar surface area (TPSA) is 45.8 Å². The number of fused-ring (bicyclic) bond motifs is 1. The van der Waals surface area contributed by atoms with E-state index < -0.39 is 0 Å². The minimum Gasteiger partial charge on any atom is -0.345 e. The van der Waals surface area contributed by atoms with Crippen molar-refractivity contribution in [2.75, 3.05) is 0 Å². The summed E-state index contributed by atoms with van der Waals surface area (Å²) in [5.41, 5.74) is 1.99. The van der Waals surface area contributed by atoms with Crippen molar-refractivity contribution in [2.24, 2.45) is 0 Å². The van der Waals surface area contributed by atoms with Crippen molar-refractivity contribution in [2.45, 2.75) is 0 Å². The van der Waals surface area contributed by atoms with E-state index in [1.165, 1.54) is 0 Å². The maximum atomic E-state index is 12.5. The van der Waals surface area contributed by atoms with Gasteiger partial charge in [0.25, 0.3) is 0 Å². The predicted octanol–water partition coefficient (Wildman–Crippen LogP) is 4.32. The molecule has 0 unspecified atom stereocenters. The zero-order chi connectivity index (χ0) is 13.4. The van der Waals surface area contributed by atoms with Crippen LogP contribution in [-0.4, -0.2) is 15.8 Å². The highest BCUT2D eigenvalue weighted by molar-refractivity contribution is 9.11. The monoisotopic (exact) mass is 378 g/mol. The van der Waals surface area contributed by atoms with E-state index in [9.17, 15) is 4.79 Å². The maximum absolute atomic E-state index is 12.5. The molecule has 5 heteroatoms. The highest BCUT2D eigenvalue weighted by Crippen LogP contribution is 2.24. The Morgan fingerprint density at radius 3 is 2.63 bits per heavy atom. The number of nitrogens with one attached hydrogen (secondary N) is 1. The lowest BCUT2D eigenvalue weighted by Gasteiger charge is -2.02. The third-order valence-electron chi connectivity index (χ3n) is 2.82. The van der Waals surface area contributed by atoms with Gasteiger partial charge in [-0.25, -0.2) is 4.98 Å². The third kappa shape index (κ3) is 2.35. The Morgan fingerprint density at radius 1 is 1.16 bits per heavy atom. The first-order valence-corrected chi connectivity index (χ1v) is 7.16. The highest BCUT2D eigenvalue weighted by atomic mass is 79.9. The normalized spacial score (nSPS) is 10.8. The average molecular weight is 380 g/mol. The smallest absolute Gasteiger partial charge is 0.195 e. The summed E-state index contributed by atoms with van der Waals surface area (Å²) >= 11 is 6.78. The van der Waals surface area contributed by atoms with Crippen LogP contribution in [0.25, 0.3) is 11.0 Å². The van der Waals surface area contributed by atoms with Crippen LogP contribution in [0.2, 0.25) is 0 Å². The number of H-pyrrole nitrogens is 1. The Labute approximate surface area is 126 Å². The van der Waals surface area contributed by atoms with Gasteiger partial charge < -0.3 is 4.98 Å². The molecule has 0 aliphatic carbocycles. The zero-order valence-electron chi connectivity index (χ0n) is 9.65. The van der Waals surface area contributed by atoms with E-state index in [1.807, 2.05) is 30.3 Å². The molecule has 3 rings (SSSR count). The Bertz CT molecular complexity index is 760. The zero-order valence-corrected chi connectivity index (χ0v) is 12.8. The lowest BCUT2D eigenvalue weighted by Crippen LogP contribution is -2.00. The number of rotatable bonds is 2. The summed E-state index contributed by atoms with van der Waals surface area (Å²) in [6.45, 7) is 0. The number of pyridine rings is 1. The summed E-state index contributed by atoms with van der Waals surface area (Å²) in [5, 5.41) is 0.837. The van der Waals surface area contributed by atoms with Gasteiger partial charge in [0.05, 0.1) is 0 Å². The maximum Gasteiger partial charge on any atom is 0.195 e. The molecule has 0 bridgehead atoms. The molecule has 1 N–H and O–H groups in total. The Morgan fingerprint density at radius 2 is 1.89 bits per heavy atom. The van der Waals surface area contributed by atoms with Gasteiger partial charge in [0.15, 0.2) is 5.78 Å². The molecular formula is C14H8Br2N2O. The van der Waals surface area contributed by atoms with E-state index in [0.29, 0.717) is 11.1 Å². The van der Waals surface area contributed by atoms with E-state index in [1.54, 1.807) is 12.4 Å². The summed E-state index contributed by atoms with van der Waals surface area (Å²) in [4.78, 5) is 19.7. The Kier molecular flexibility index (Phi) is 3.24. The molecule has 0 radical (unpaired) electrons. The molecular weight excluding hydrogens is 372 g/mol. The number of carbonyl (C=O) groups is 1. The number of carbonyl (C=O) groups excluding carboxylic acids is 1. The van der Waals surface area contributed by atoms with Crippen LogP contribution < -0.4 is 0 Å². The highest BCUT2D eigenvalue weighted by Gasteiger charge is 2.15. The number of benzene rings is 1. The van der Waals surface area contributed by atoms with E-state index in [2.05, 4.69) is 41.8 Å². The fourth-order valence-electron chi connectivity index (χ4n) is 1.98. The summed E-state index contributed by atoms with van der Waals surface area (Å²) in [5.74, 6) is -0.0266. The van der Waals surface area contributed by atoms with Crippen LogP contribution in [0, 0.1) is 0 Å². The van der Waals surface area contributed by atoms with Crippen LogP contribution in [0.3, 0.4) is 0 Å². The van der Waals surface area contributed by atoms with Gasteiger partial charge in [0, 0.05) is 37.9 Å². The van der Waals surface area contributed by atoms with E-state index in [0.717, 1.165) is 20.0 Å². The SMILES string of the molecule is O=C(c1cc(Br)cc(Br)c1)c1c[nH]c2ncccc12. The molecule has 0 aliphatic rings. The van der Waals surface area contributed by atoms with Crippen molar-refractivity contribution in [3.05, 3.63) is 62.8 Å². The molecule has 19 heavy (non-hydrogen) atoms. The minimum atomic E-state index is -0.0266. The molecule has 2 heterocycles. The second-order valence-corrected chi connectivity index (χ2v) is 5.92. The molecule has 0 spiro atoms. The van der Waals surface area contributed by atoms with Gasteiger partial charge in [-0.15, -0.1) is 0 Å². The molecule has 0 saturated heterocycles. The molecule has 0 saturated carbocycles. The number of aromatic nitrogens is 2. The van der Waals surface area contributed by atoms with Gasteiger partial charge in [-0.2, -0.15) is 0 Å². The van der Waals surface area contributed by atoms with Crippen molar-refractivity contribution in [3.63, 3.8) is 0 Å². The van der Waals surface area contributed by atoms with Gasteiger partial charge in [-0.05, 0) is 30.3 Å². The molecule has 1 aromatic carbocycles. The van der Waals surface area contributed by atoms with E-state index in [4.69, 9.17) is 0 Å². The van der Waals surface area contributed by atoms with Crippen molar-refractivity contribution in [1.82, 2.24) is 9.97 Å². The molecule has 3 nitrogen and oxygen atoms in total. The number of hydrogen-bond acceptors (Lipinski definition) is 2. The molecule has 94 valence electrons. The van der Waals surface area contributed by atoms with Crippen molar-refractivity contribution < 1.29 is 4.79 Å². The summed E-state index contributed by atoms with van der Waals surface area (Å²) in [7, 11) is 0. The largest absolute Gasteiger partial charge is 0.345 e. The summed E-state index contributed by atoms with van der Waals surface area (Å²) in [6.07, 6.45) is 3.40. The van der Waals surface area contributed by atoms with E-state index >= 15 is 0 Å². The fraction of sp³-hybridized carbons (Fsp3) is 0. The van der Waals surface area contributed by atoms with Crippen LogP contribution in [0.1, 0.15) is 15.9 Å². The van der Waals surface area contributed by atoms with Gasteiger partial charge in [-0.3, -0.25) is 4.79 Å². The first kappa shape index (κ1) is 12.6. The summed E-state index contributed by atoms with van der Waals surface area (Å²) < 4.78 is 1.73. The molecule has 0 fully saturated rings. The Balaban J connectivity index is 2.13. The fourth-order valence-corrected chi connectivity index (χ4v) is 3.28. The first-order valence-electron chi connectivity index (χ1n) is 5.58.